The lowest BCUT2D eigenvalue weighted by Crippen LogP contribution is -2.28. The van der Waals surface area contributed by atoms with Gasteiger partial charge < -0.3 is 10.1 Å². The molecule has 3 heteroatoms. The molecule has 2 aromatic rings. The number of benzene rings is 2. The van der Waals surface area contributed by atoms with Gasteiger partial charge >= 0.3 is 0 Å². The van der Waals surface area contributed by atoms with Crippen molar-refractivity contribution in [3.63, 3.8) is 0 Å². The van der Waals surface area contributed by atoms with E-state index in [9.17, 15) is 4.79 Å². The molecule has 104 valence electrons. The van der Waals surface area contributed by atoms with Gasteiger partial charge in [-0.3, -0.25) is 4.79 Å². The quantitative estimate of drug-likeness (QED) is 0.905. The summed E-state index contributed by atoms with van der Waals surface area (Å²) < 4.78 is 5.26. The molecule has 0 aliphatic heterocycles. The summed E-state index contributed by atoms with van der Waals surface area (Å²) in [6.07, 6.45) is 0.321. The lowest BCUT2D eigenvalue weighted by atomic mass is 10.1. The normalized spacial score (nSPS) is 11.7. The minimum absolute atomic E-state index is 0.00147. The Balaban J connectivity index is 1.99. The SMILES string of the molecule is COc1ccccc1CC(=O)N[C@@H](C)c1ccccc1. The summed E-state index contributed by atoms with van der Waals surface area (Å²) in [4.78, 5) is 12.1. The minimum Gasteiger partial charge on any atom is -0.496 e. The maximum atomic E-state index is 12.1. The first kappa shape index (κ1) is 14.1. The second-order valence-corrected chi connectivity index (χ2v) is 4.69. The molecule has 0 saturated carbocycles. The number of ether oxygens (including phenoxy) is 1. The predicted molar refractivity (Wildman–Crippen MR) is 79.7 cm³/mol. The van der Waals surface area contributed by atoms with Crippen molar-refractivity contribution in [3.05, 3.63) is 65.7 Å². The van der Waals surface area contributed by atoms with Crippen molar-refractivity contribution in [3.8, 4) is 5.75 Å². The lowest BCUT2D eigenvalue weighted by molar-refractivity contribution is -0.121. The summed E-state index contributed by atoms with van der Waals surface area (Å²) >= 11 is 0. The first-order valence-electron chi connectivity index (χ1n) is 6.67. The third-order valence-electron chi connectivity index (χ3n) is 3.22. The standard InChI is InChI=1S/C17H19NO2/c1-13(14-8-4-3-5-9-14)18-17(19)12-15-10-6-7-11-16(15)20-2/h3-11,13H,12H2,1-2H3,(H,18,19)/t13-/m0/s1. The van der Waals surface area contributed by atoms with Crippen LogP contribution < -0.4 is 10.1 Å². The van der Waals surface area contributed by atoms with Gasteiger partial charge in [0.25, 0.3) is 0 Å². The van der Waals surface area contributed by atoms with E-state index >= 15 is 0 Å². The van der Waals surface area contributed by atoms with E-state index < -0.39 is 0 Å². The molecule has 1 amide bonds. The van der Waals surface area contributed by atoms with Gasteiger partial charge in [-0.2, -0.15) is 0 Å². The number of methoxy groups -OCH3 is 1. The number of rotatable bonds is 5. The Labute approximate surface area is 119 Å². The molecule has 0 fully saturated rings. The van der Waals surface area contributed by atoms with E-state index in [4.69, 9.17) is 4.74 Å². The molecule has 0 unspecified atom stereocenters. The van der Waals surface area contributed by atoms with Gasteiger partial charge in [0.15, 0.2) is 0 Å². The zero-order valence-electron chi connectivity index (χ0n) is 11.8. The van der Waals surface area contributed by atoms with E-state index in [1.165, 1.54) is 0 Å². The largest absolute Gasteiger partial charge is 0.496 e. The second-order valence-electron chi connectivity index (χ2n) is 4.69. The lowest BCUT2D eigenvalue weighted by Gasteiger charge is -2.15. The molecule has 0 aliphatic carbocycles. The Bertz CT molecular complexity index is 566. The summed E-state index contributed by atoms with van der Waals surface area (Å²) in [6, 6.07) is 17.5. The van der Waals surface area contributed by atoms with Crippen LogP contribution in [-0.2, 0) is 11.2 Å². The summed E-state index contributed by atoms with van der Waals surface area (Å²) in [5.41, 5.74) is 1.99. The molecule has 0 heterocycles. The molecular formula is C17H19NO2. The average Bonchev–Trinajstić information content (AvgIpc) is 2.48. The molecule has 3 nitrogen and oxygen atoms in total. The number of carbonyl (C=O) groups is 1. The van der Waals surface area contributed by atoms with Crippen LogP contribution in [-0.4, -0.2) is 13.0 Å². The fourth-order valence-electron chi connectivity index (χ4n) is 2.14. The minimum atomic E-state index is -0.00847. The average molecular weight is 269 g/mol. The highest BCUT2D eigenvalue weighted by Gasteiger charge is 2.11. The van der Waals surface area contributed by atoms with Crippen LogP contribution in [0.5, 0.6) is 5.75 Å². The van der Waals surface area contributed by atoms with Gasteiger partial charge in [0, 0.05) is 5.56 Å². The smallest absolute Gasteiger partial charge is 0.225 e. The molecule has 2 rings (SSSR count). The zero-order chi connectivity index (χ0) is 14.4. The molecule has 0 spiro atoms. The molecule has 20 heavy (non-hydrogen) atoms. The Morgan fingerprint density at radius 2 is 1.75 bits per heavy atom. The van der Waals surface area contributed by atoms with Crippen molar-refractivity contribution in [2.24, 2.45) is 0 Å². The third kappa shape index (κ3) is 3.60. The molecule has 0 aromatic heterocycles. The van der Waals surface area contributed by atoms with Crippen molar-refractivity contribution >= 4 is 5.91 Å². The number of hydrogen-bond acceptors (Lipinski definition) is 2. The van der Waals surface area contributed by atoms with E-state index in [-0.39, 0.29) is 11.9 Å². The molecule has 2 aromatic carbocycles. The Kier molecular flexibility index (Phi) is 4.77. The Hall–Kier alpha value is -2.29. The number of amides is 1. The number of para-hydroxylation sites is 1. The van der Waals surface area contributed by atoms with Gasteiger partial charge in [-0.1, -0.05) is 48.5 Å². The van der Waals surface area contributed by atoms with Crippen molar-refractivity contribution < 1.29 is 9.53 Å². The van der Waals surface area contributed by atoms with Crippen molar-refractivity contribution in [2.75, 3.05) is 7.11 Å². The van der Waals surface area contributed by atoms with E-state index in [0.717, 1.165) is 16.9 Å². The van der Waals surface area contributed by atoms with E-state index in [2.05, 4.69) is 5.32 Å². The number of hydrogen-bond donors (Lipinski definition) is 1. The molecule has 0 aliphatic rings. The van der Waals surface area contributed by atoms with Crippen LogP contribution in [0.3, 0.4) is 0 Å². The molecule has 1 atom stereocenters. The van der Waals surface area contributed by atoms with Crippen LogP contribution in [0.25, 0.3) is 0 Å². The van der Waals surface area contributed by atoms with Crippen LogP contribution in [0.4, 0.5) is 0 Å². The highest BCUT2D eigenvalue weighted by atomic mass is 16.5. The van der Waals surface area contributed by atoms with Gasteiger partial charge in [-0.25, -0.2) is 0 Å². The molecule has 0 saturated heterocycles. The van der Waals surface area contributed by atoms with E-state index in [1.807, 2.05) is 61.5 Å². The predicted octanol–water partition coefficient (Wildman–Crippen LogP) is 3.12. The van der Waals surface area contributed by atoms with Crippen LogP contribution in [0.1, 0.15) is 24.1 Å². The van der Waals surface area contributed by atoms with Gasteiger partial charge in [-0.15, -0.1) is 0 Å². The third-order valence-corrected chi connectivity index (χ3v) is 3.22. The Morgan fingerprint density at radius 1 is 1.10 bits per heavy atom. The fourth-order valence-corrected chi connectivity index (χ4v) is 2.14. The van der Waals surface area contributed by atoms with Crippen molar-refractivity contribution in [1.82, 2.24) is 5.32 Å². The van der Waals surface area contributed by atoms with Crippen LogP contribution in [0.2, 0.25) is 0 Å². The fraction of sp³-hybridized carbons (Fsp3) is 0.235. The molecule has 1 N–H and O–H groups in total. The molecule has 0 radical (unpaired) electrons. The first-order chi connectivity index (χ1) is 9.70. The van der Waals surface area contributed by atoms with Gasteiger partial charge in [0.2, 0.25) is 5.91 Å². The Morgan fingerprint density at radius 3 is 2.45 bits per heavy atom. The van der Waals surface area contributed by atoms with E-state index in [0.29, 0.717) is 6.42 Å². The van der Waals surface area contributed by atoms with Crippen molar-refractivity contribution in [2.45, 2.75) is 19.4 Å². The van der Waals surface area contributed by atoms with Gasteiger partial charge in [0.1, 0.15) is 5.75 Å². The monoisotopic (exact) mass is 269 g/mol. The first-order valence-corrected chi connectivity index (χ1v) is 6.67. The highest BCUT2D eigenvalue weighted by molar-refractivity contribution is 5.79. The van der Waals surface area contributed by atoms with Crippen LogP contribution >= 0.6 is 0 Å². The number of carbonyl (C=O) groups excluding carboxylic acids is 1. The highest BCUT2D eigenvalue weighted by Crippen LogP contribution is 2.18. The van der Waals surface area contributed by atoms with Crippen LogP contribution in [0, 0.1) is 0 Å². The summed E-state index contributed by atoms with van der Waals surface area (Å²) in [7, 11) is 1.61. The van der Waals surface area contributed by atoms with Gasteiger partial charge in [0.05, 0.1) is 19.6 Å². The molecular weight excluding hydrogens is 250 g/mol. The maximum absolute atomic E-state index is 12.1. The summed E-state index contributed by atoms with van der Waals surface area (Å²) in [6.45, 7) is 1.98. The van der Waals surface area contributed by atoms with Crippen LogP contribution in [0.15, 0.2) is 54.6 Å². The maximum Gasteiger partial charge on any atom is 0.225 e. The topological polar surface area (TPSA) is 38.3 Å². The van der Waals surface area contributed by atoms with E-state index in [1.54, 1.807) is 7.11 Å². The van der Waals surface area contributed by atoms with Gasteiger partial charge in [-0.05, 0) is 18.6 Å². The number of nitrogens with one attached hydrogen (secondary N) is 1. The van der Waals surface area contributed by atoms with Crippen molar-refractivity contribution in [1.29, 1.82) is 0 Å². The zero-order valence-corrected chi connectivity index (χ0v) is 11.8. The second kappa shape index (κ2) is 6.75. The summed E-state index contributed by atoms with van der Waals surface area (Å²) in [5.74, 6) is 0.737. The molecule has 0 bridgehead atoms. The summed E-state index contributed by atoms with van der Waals surface area (Å²) in [5, 5.41) is 3.00.